The quantitative estimate of drug-likeness (QED) is 0.675. The Morgan fingerprint density at radius 1 is 1.33 bits per heavy atom. The van der Waals surface area contributed by atoms with E-state index in [9.17, 15) is 13.2 Å². The second-order valence-corrected chi connectivity index (χ2v) is 3.27. The van der Waals surface area contributed by atoms with Gasteiger partial charge in [0.2, 0.25) is 0 Å². The Morgan fingerprint density at radius 3 is 2.60 bits per heavy atom. The van der Waals surface area contributed by atoms with Gasteiger partial charge in [-0.15, -0.1) is 0 Å². The highest BCUT2D eigenvalue weighted by Gasteiger charge is 2.32. The second-order valence-electron chi connectivity index (χ2n) is 3.27. The van der Waals surface area contributed by atoms with Crippen molar-refractivity contribution in [3.63, 3.8) is 0 Å². The van der Waals surface area contributed by atoms with Crippen LogP contribution in [0.15, 0.2) is 12.3 Å². The fraction of sp³-hybridized carbons (Fsp3) is 0.333. The minimum atomic E-state index is -4.42. The van der Waals surface area contributed by atoms with E-state index in [4.69, 9.17) is 0 Å². The molecule has 0 aliphatic rings. The van der Waals surface area contributed by atoms with Crippen molar-refractivity contribution in [2.24, 2.45) is 7.05 Å². The van der Waals surface area contributed by atoms with Crippen LogP contribution < -0.4 is 0 Å². The molecule has 0 bridgehead atoms. The van der Waals surface area contributed by atoms with Crippen LogP contribution in [0.3, 0.4) is 0 Å². The molecule has 0 aliphatic carbocycles. The maximum absolute atomic E-state index is 12.3. The van der Waals surface area contributed by atoms with Gasteiger partial charge in [0, 0.05) is 7.05 Å². The predicted octanol–water partition coefficient (Wildman–Crippen LogP) is 2.30. The Kier molecular flexibility index (Phi) is 1.95. The molecule has 15 heavy (non-hydrogen) atoms. The van der Waals surface area contributed by atoms with E-state index in [1.807, 2.05) is 0 Å². The summed E-state index contributed by atoms with van der Waals surface area (Å²) in [7, 11) is 1.74. The number of rotatable bonds is 0. The number of aryl methyl sites for hydroxylation is 2. The van der Waals surface area contributed by atoms with Gasteiger partial charge in [-0.05, 0) is 13.0 Å². The molecular formula is C9H8F3N3. The van der Waals surface area contributed by atoms with E-state index in [2.05, 4.69) is 9.97 Å². The van der Waals surface area contributed by atoms with E-state index in [0.717, 1.165) is 6.07 Å². The van der Waals surface area contributed by atoms with E-state index in [1.165, 1.54) is 6.20 Å². The molecule has 0 atom stereocenters. The largest absolute Gasteiger partial charge is 0.433 e. The van der Waals surface area contributed by atoms with Gasteiger partial charge in [0.1, 0.15) is 11.5 Å². The van der Waals surface area contributed by atoms with E-state index in [-0.39, 0.29) is 0 Å². The molecule has 2 heterocycles. The third-order valence-electron chi connectivity index (χ3n) is 2.28. The van der Waals surface area contributed by atoms with E-state index in [0.29, 0.717) is 16.9 Å². The Hall–Kier alpha value is -1.59. The van der Waals surface area contributed by atoms with Crippen molar-refractivity contribution in [3.8, 4) is 0 Å². The molecule has 0 N–H and O–H groups in total. The van der Waals surface area contributed by atoms with Crippen LogP contribution in [-0.4, -0.2) is 14.5 Å². The normalized spacial score (nSPS) is 12.3. The first-order chi connectivity index (χ1) is 6.89. The molecule has 0 fully saturated rings. The molecule has 0 saturated carbocycles. The Balaban J connectivity index is 2.67. The zero-order chi connectivity index (χ0) is 11.2. The van der Waals surface area contributed by atoms with Crippen LogP contribution in [0.5, 0.6) is 0 Å². The monoisotopic (exact) mass is 215 g/mol. The first kappa shape index (κ1) is 9.95. The van der Waals surface area contributed by atoms with Gasteiger partial charge in [-0.1, -0.05) is 0 Å². The van der Waals surface area contributed by atoms with E-state index < -0.39 is 11.9 Å². The summed E-state index contributed by atoms with van der Waals surface area (Å²) in [5, 5.41) is 0. The lowest BCUT2D eigenvalue weighted by Gasteiger charge is -2.04. The van der Waals surface area contributed by atoms with Crippen LogP contribution in [0.2, 0.25) is 0 Å². The van der Waals surface area contributed by atoms with Gasteiger partial charge in [-0.2, -0.15) is 13.2 Å². The molecule has 2 aromatic rings. The Bertz CT molecular complexity index is 513. The zero-order valence-corrected chi connectivity index (χ0v) is 8.13. The highest BCUT2D eigenvalue weighted by Crippen LogP contribution is 2.29. The summed E-state index contributed by atoms with van der Waals surface area (Å²) >= 11 is 0. The molecule has 0 amide bonds. The molecule has 0 aliphatic heterocycles. The van der Waals surface area contributed by atoms with Crippen molar-refractivity contribution >= 4 is 11.0 Å². The number of aromatic nitrogens is 3. The Morgan fingerprint density at radius 2 is 2.00 bits per heavy atom. The number of pyridine rings is 1. The number of hydrogen-bond donors (Lipinski definition) is 0. The van der Waals surface area contributed by atoms with Crippen molar-refractivity contribution in [1.82, 2.24) is 14.5 Å². The minimum Gasteiger partial charge on any atom is -0.330 e. The fourth-order valence-corrected chi connectivity index (χ4v) is 1.36. The van der Waals surface area contributed by atoms with Gasteiger partial charge in [-0.25, -0.2) is 9.97 Å². The first-order valence-corrected chi connectivity index (χ1v) is 4.26. The summed E-state index contributed by atoms with van der Waals surface area (Å²) in [6.07, 6.45) is -3.22. The highest BCUT2D eigenvalue weighted by atomic mass is 19.4. The number of alkyl halides is 3. The van der Waals surface area contributed by atoms with Gasteiger partial charge >= 0.3 is 6.18 Å². The van der Waals surface area contributed by atoms with Crippen LogP contribution in [0, 0.1) is 6.92 Å². The molecule has 80 valence electrons. The third-order valence-corrected chi connectivity index (χ3v) is 2.28. The lowest BCUT2D eigenvalue weighted by Crippen LogP contribution is -2.07. The maximum Gasteiger partial charge on any atom is 0.433 e. The summed E-state index contributed by atoms with van der Waals surface area (Å²) in [4.78, 5) is 7.38. The number of nitrogens with zero attached hydrogens (tertiary/aromatic N) is 3. The van der Waals surface area contributed by atoms with Gasteiger partial charge < -0.3 is 4.57 Å². The maximum atomic E-state index is 12.3. The summed E-state index contributed by atoms with van der Waals surface area (Å²) in [6.45, 7) is 1.73. The molecule has 2 aromatic heterocycles. The lowest BCUT2D eigenvalue weighted by molar-refractivity contribution is -0.141. The summed E-state index contributed by atoms with van der Waals surface area (Å²) < 4.78 is 38.7. The van der Waals surface area contributed by atoms with Gasteiger partial charge in [0.05, 0.1) is 17.2 Å². The van der Waals surface area contributed by atoms with Crippen molar-refractivity contribution in [3.05, 3.63) is 23.8 Å². The third kappa shape index (κ3) is 1.55. The van der Waals surface area contributed by atoms with Gasteiger partial charge in [0.15, 0.2) is 0 Å². The molecule has 0 saturated heterocycles. The SMILES string of the molecule is Cc1nc2cc(C(F)(F)F)ncc2n1C. The minimum absolute atomic E-state index is 0.317. The standard InChI is InChI=1S/C9H8F3N3/c1-5-14-6-3-8(9(10,11)12)13-4-7(6)15(5)2/h3-4H,1-2H3. The van der Waals surface area contributed by atoms with E-state index in [1.54, 1.807) is 18.5 Å². The molecule has 3 nitrogen and oxygen atoms in total. The van der Waals surface area contributed by atoms with Crippen LogP contribution in [-0.2, 0) is 13.2 Å². The number of hydrogen-bond acceptors (Lipinski definition) is 2. The van der Waals surface area contributed by atoms with Crippen molar-refractivity contribution < 1.29 is 13.2 Å². The summed E-state index contributed by atoms with van der Waals surface area (Å²) in [5.74, 6) is 0.658. The molecule has 6 heteroatoms. The molecular weight excluding hydrogens is 207 g/mol. The van der Waals surface area contributed by atoms with Crippen molar-refractivity contribution in [1.29, 1.82) is 0 Å². The molecule has 0 radical (unpaired) electrons. The van der Waals surface area contributed by atoms with Crippen LogP contribution in [0.4, 0.5) is 13.2 Å². The number of imidazole rings is 1. The number of fused-ring (bicyclic) bond motifs is 1. The van der Waals surface area contributed by atoms with Crippen LogP contribution in [0.25, 0.3) is 11.0 Å². The predicted molar refractivity (Wildman–Crippen MR) is 48.2 cm³/mol. The lowest BCUT2D eigenvalue weighted by atomic mass is 10.3. The van der Waals surface area contributed by atoms with Gasteiger partial charge in [-0.3, -0.25) is 0 Å². The second kappa shape index (κ2) is 2.95. The molecule has 0 unspecified atom stereocenters. The van der Waals surface area contributed by atoms with E-state index >= 15 is 0 Å². The van der Waals surface area contributed by atoms with Crippen molar-refractivity contribution in [2.75, 3.05) is 0 Å². The fourth-order valence-electron chi connectivity index (χ4n) is 1.36. The molecule has 0 spiro atoms. The zero-order valence-electron chi connectivity index (χ0n) is 8.13. The highest BCUT2D eigenvalue weighted by molar-refractivity contribution is 5.75. The Labute approximate surface area is 83.6 Å². The average Bonchev–Trinajstić information content (AvgIpc) is 2.41. The molecule has 0 aromatic carbocycles. The van der Waals surface area contributed by atoms with Crippen molar-refractivity contribution in [2.45, 2.75) is 13.1 Å². The van der Waals surface area contributed by atoms with Gasteiger partial charge in [0.25, 0.3) is 0 Å². The molecule has 2 rings (SSSR count). The topological polar surface area (TPSA) is 30.7 Å². The average molecular weight is 215 g/mol. The van der Waals surface area contributed by atoms with Crippen LogP contribution in [0.1, 0.15) is 11.5 Å². The van der Waals surface area contributed by atoms with Crippen LogP contribution >= 0.6 is 0 Å². The number of halogens is 3. The smallest absolute Gasteiger partial charge is 0.330 e. The first-order valence-electron chi connectivity index (χ1n) is 4.26. The summed E-state index contributed by atoms with van der Waals surface area (Å²) in [6, 6.07) is 0.961. The summed E-state index contributed by atoms with van der Waals surface area (Å²) in [5.41, 5.74) is 0.00549.